The van der Waals surface area contributed by atoms with Crippen LogP contribution in [-0.2, 0) is 6.61 Å². The van der Waals surface area contributed by atoms with E-state index in [2.05, 4.69) is 55.9 Å². The first kappa shape index (κ1) is 17.2. The Labute approximate surface area is 145 Å². The molecule has 1 aromatic carbocycles. The number of hydrogen-bond donors (Lipinski definition) is 1. The van der Waals surface area contributed by atoms with E-state index in [0.717, 1.165) is 41.3 Å². The zero-order chi connectivity index (χ0) is 17.3. The molecule has 3 rings (SSSR count). The van der Waals surface area contributed by atoms with E-state index in [-0.39, 0.29) is 6.61 Å². The van der Waals surface area contributed by atoms with Gasteiger partial charge in [-0.05, 0) is 58.3 Å². The molecular weight excluding hydrogens is 298 g/mol. The first-order valence-electron chi connectivity index (χ1n) is 8.92. The van der Waals surface area contributed by atoms with Crippen molar-refractivity contribution < 1.29 is 5.11 Å². The molecule has 4 heteroatoms. The van der Waals surface area contributed by atoms with Crippen LogP contribution in [0.15, 0.2) is 24.3 Å². The van der Waals surface area contributed by atoms with Gasteiger partial charge in [0.2, 0.25) is 0 Å². The molecule has 1 aromatic heterocycles. The SMILES string of the molecule is Cc1cccc2cc(CO)c(N3CCC([C@@H](C)N(C)C)CC3)nc12. The van der Waals surface area contributed by atoms with Crippen LogP contribution in [0.2, 0.25) is 0 Å². The maximum Gasteiger partial charge on any atom is 0.134 e. The molecule has 0 aliphatic carbocycles. The van der Waals surface area contributed by atoms with E-state index in [4.69, 9.17) is 4.98 Å². The van der Waals surface area contributed by atoms with Gasteiger partial charge in [0.15, 0.2) is 0 Å². The van der Waals surface area contributed by atoms with Crippen molar-refractivity contribution in [2.45, 2.75) is 39.3 Å². The summed E-state index contributed by atoms with van der Waals surface area (Å²) in [6.07, 6.45) is 2.36. The van der Waals surface area contributed by atoms with Gasteiger partial charge in [0.05, 0.1) is 12.1 Å². The number of piperidine rings is 1. The van der Waals surface area contributed by atoms with Crippen LogP contribution in [-0.4, -0.2) is 48.2 Å². The first-order chi connectivity index (χ1) is 11.5. The summed E-state index contributed by atoms with van der Waals surface area (Å²) in [4.78, 5) is 9.60. The van der Waals surface area contributed by atoms with Crippen LogP contribution in [0, 0.1) is 12.8 Å². The Morgan fingerprint density at radius 3 is 2.62 bits per heavy atom. The molecule has 0 radical (unpaired) electrons. The van der Waals surface area contributed by atoms with Crippen LogP contribution in [0.25, 0.3) is 10.9 Å². The van der Waals surface area contributed by atoms with Crippen molar-refractivity contribution in [3.05, 3.63) is 35.4 Å². The fraction of sp³-hybridized carbons (Fsp3) is 0.550. The van der Waals surface area contributed by atoms with Gasteiger partial charge in [-0.15, -0.1) is 0 Å². The lowest BCUT2D eigenvalue weighted by molar-refractivity contribution is 0.198. The van der Waals surface area contributed by atoms with Crippen molar-refractivity contribution in [1.82, 2.24) is 9.88 Å². The normalized spacial score (nSPS) is 17.7. The van der Waals surface area contributed by atoms with Gasteiger partial charge in [0, 0.05) is 30.1 Å². The Balaban J connectivity index is 1.86. The minimum atomic E-state index is 0.0419. The van der Waals surface area contributed by atoms with E-state index < -0.39 is 0 Å². The largest absolute Gasteiger partial charge is 0.392 e. The maximum absolute atomic E-state index is 9.82. The highest BCUT2D eigenvalue weighted by Gasteiger charge is 2.26. The van der Waals surface area contributed by atoms with Crippen molar-refractivity contribution >= 4 is 16.7 Å². The molecule has 4 nitrogen and oxygen atoms in total. The topological polar surface area (TPSA) is 39.6 Å². The molecule has 0 bridgehead atoms. The number of aromatic nitrogens is 1. The van der Waals surface area contributed by atoms with Gasteiger partial charge in [-0.3, -0.25) is 0 Å². The molecule has 0 unspecified atom stereocenters. The monoisotopic (exact) mass is 327 g/mol. The summed E-state index contributed by atoms with van der Waals surface area (Å²) < 4.78 is 0. The average Bonchev–Trinajstić information content (AvgIpc) is 2.60. The van der Waals surface area contributed by atoms with Gasteiger partial charge in [-0.2, -0.15) is 0 Å². The number of aryl methyl sites for hydroxylation is 1. The molecule has 1 saturated heterocycles. The highest BCUT2D eigenvalue weighted by atomic mass is 16.3. The second-order valence-electron chi connectivity index (χ2n) is 7.30. The molecular formula is C20H29N3O. The second-order valence-corrected chi connectivity index (χ2v) is 7.30. The molecule has 1 aliphatic rings. The van der Waals surface area contributed by atoms with E-state index >= 15 is 0 Å². The zero-order valence-electron chi connectivity index (χ0n) is 15.3. The van der Waals surface area contributed by atoms with E-state index in [1.807, 2.05) is 6.07 Å². The molecule has 130 valence electrons. The number of rotatable bonds is 4. The molecule has 2 aromatic rings. The van der Waals surface area contributed by atoms with Gasteiger partial charge in [-0.25, -0.2) is 4.98 Å². The highest BCUT2D eigenvalue weighted by Crippen LogP contribution is 2.30. The van der Waals surface area contributed by atoms with Gasteiger partial charge in [0.1, 0.15) is 5.82 Å². The summed E-state index contributed by atoms with van der Waals surface area (Å²) in [6, 6.07) is 8.93. The smallest absolute Gasteiger partial charge is 0.134 e. The molecule has 0 saturated carbocycles. The molecule has 1 N–H and O–H groups in total. The Bertz CT molecular complexity index is 705. The summed E-state index contributed by atoms with van der Waals surface area (Å²) in [5.74, 6) is 1.70. The lowest BCUT2D eigenvalue weighted by Crippen LogP contribution is -2.42. The van der Waals surface area contributed by atoms with Crippen LogP contribution >= 0.6 is 0 Å². The minimum absolute atomic E-state index is 0.0419. The second kappa shape index (κ2) is 7.08. The van der Waals surface area contributed by atoms with Crippen molar-refractivity contribution in [3.8, 4) is 0 Å². The number of fused-ring (bicyclic) bond motifs is 1. The third kappa shape index (κ3) is 3.26. The Morgan fingerprint density at radius 2 is 2.00 bits per heavy atom. The van der Waals surface area contributed by atoms with Gasteiger partial charge in [-0.1, -0.05) is 18.2 Å². The van der Waals surface area contributed by atoms with Crippen LogP contribution in [0.3, 0.4) is 0 Å². The first-order valence-corrected chi connectivity index (χ1v) is 8.92. The number of aliphatic hydroxyl groups excluding tert-OH is 1. The molecule has 2 heterocycles. The van der Waals surface area contributed by atoms with Crippen molar-refractivity contribution in [2.24, 2.45) is 5.92 Å². The fourth-order valence-electron chi connectivity index (χ4n) is 3.79. The number of aliphatic hydroxyl groups is 1. The molecule has 0 spiro atoms. The molecule has 1 aliphatic heterocycles. The number of benzene rings is 1. The van der Waals surface area contributed by atoms with E-state index in [1.54, 1.807) is 0 Å². The van der Waals surface area contributed by atoms with Crippen molar-refractivity contribution in [2.75, 3.05) is 32.1 Å². The van der Waals surface area contributed by atoms with Crippen LogP contribution in [0.4, 0.5) is 5.82 Å². The standard InChI is InChI=1S/C20H29N3O/c1-14-6-5-7-17-12-18(13-24)20(21-19(14)17)23-10-8-16(9-11-23)15(2)22(3)4/h5-7,12,15-16,24H,8-11,13H2,1-4H3/t15-/m1/s1. The van der Waals surface area contributed by atoms with Gasteiger partial charge in [0.25, 0.3) is 0 Å². The summed E-state index contributed by atoms with van der Waals surface area (Å²) in [7, 11) is 4.32. The maximum atomic E-state index is 9.82. The lowest BCUT2D eigenvalue weighted by Gasteiger charge is -2.38. The summed E-state index contributed by atoms with van der Waals surface area (Å²) >= 11 is 0. The highest BCUT2D eigenvalue weighted by molar-refractivity contribution is 5.84. The average molecular weight is 327 g/mol. The summed E-state index contributed by atoms with van der Waals surface area (Å²) in [6.45, 7) is 6.49. The summed E-state index contributed by atoms with van der Waals surface area (Å²) in [5.41, 5.74) is 3.18. The van der Waals surface area contributed by atoms with Crippen LogP contribution < -0.4 is 4.90 Å². The minimum Gasteiger partial charge on any atom is -0.392 e. The molecule has 1 fully saturated rings. The van der Waals surface area contributed by atoms with Crippen LogP contribution in [0.1, 0.15) is 30.9 Å². The fourth-order valence-corrected chi connectivity index (χ4v) is 3.79. The quantitative estimate of drug-likeness (QED) is 0.936. The van der Waals surface area contributed by atoms with E-state index in [1.165, 1.54) is 18.4 Å². The molecule has 1 atom stereocenters. The van der Waals surface area contributed by atoms with E-state index in [0.29, 0.717) is 6.04 Å². The molecule has 24 heavy (non-hydrogen) atoms. The lowest BCUT2D eigenvalue weighted by atomic mass is 9.89. The third-order valence-corrected chi connectivity index (χ3v) is 5.61. The molecule has 0 amide bonds. The number of para-hydroxylation sites is 1. The van der Waals surface area contributed by atoms with E-state index in [9.17, 15) is 5.11 Å². The Hall–Kier alpha value is -1.65. The van der Waals surface area contributed by atoms with Crippen molar-refractivity contribution in [3.63, 3.8) is 0 Å². The number of pyridine rings is 1. The number of hydrogen-bond acceptors (Lipinski definition) is 4. The number of nitrogens with zero attached hydrogens (tertiary/aromatic N) is 3. The number of anilines is 1. The van der Waals surface area contributed by atoms with Crippen LogP contribution in [0.5, 0.6) is 0 Å². The summed E-state index contributed by atoms with van der Waals surface area (Å²) in [5, 5.41) is 10.9. The Morgan fingerprint density at radius 1 is 1.29 bits per heavy atom. The zero-order valence-corrected chi connectivity index (χ0v) is 15.3. The van der Waals surface area contributed by atoms with Crippen molar-refractivity contribution in [1.29, 1.82) is 0 Å². The predicted molar refractivity (Wildman–Crippen MR) is 100 cm³/mol. The van der Waals surface area contributed by atoms with Gasteiger partial charge >= 0.3 is 0 Å². The predicted octanol–water partition coefficient (Wildman–Crippen LogP) is 3.20. The van der Waals surface area contributed by atoms with Gasteiger partial charge < -0.3 is 14.9 Å². The Kier molecular flexibility index (Phi) is 5.07. The third-order valence-electron chi connectivity index (χ3n) is 5.61.